The summed E-state index contributed by atoms with van der Waals surface area (Å²) in [6.07, 6.45) is 2.69. The normalized spacial score (nSPS) is 9.89. The van der Waals surface area contributed by atoms with E-state index in [4.69, 9.17) is 9.47 Å². The Morgan fingerprint density at radius 1 is 1.15 bits per heavy atom. The lowest BCUT2D eigenvalue weighted by atomic mass is 10.1. The molecular weight excluding hydrogens is 338 g/mol. The first-order chi connectivity index (χ1) is 13.1. The highest BCUT2D eigenvalue weighted by Crippen LogP contribution is 2.18. The Kier molecular flexibility index (Phi) is 7.99. The Bertz CT molecular complexity index is 814. The average molecular weight is 363 g/mol. The maximum Gasteiger partial charge on any atom is 0.252 e. The predicted molar refractivity (Wildman–Crippen MR) is 108 cm³/mol. The maximum atomic E-state index is 12.1. The van der Waals surface area contributed by atoms with Gasteiger partial charge >= 0.3 is 0 Å². The standard InChI is InChI=1S/C23H25NO3/c1-4-9-19-10-5-6-11-22(19)26-17-8-7-16-24-23(25)20-12-14-21(15-13-20)27-18(2)3/h4-6,10-15,18H,1,9,16-17H2,2-3H3,(H,24,25). The van der Waals surface area contributed by atoms with Crippen molar-refractivity contribution in [1.82, 2.24) is 5.32 Å². The van der Waals surface area contributed by atoms with E-state index in [1.165, 1.54) is 0 Å². The van der Waals surface area contributed by atoms with Crippen LogP contribution in [0.25, 0.3) is 0 Å². The summed E-state index contributed by atoms with van der Waals surface area (Å²) < 4.78 is 11.2. The van der Waals surface area contributed by atoms with Gasteiger partial charge in [0.25, 0.3) is 5.91 Å². The molecule has 0 bridgehead atoms. The number of rotatable bonds is 8. The highest BCUT2D eigenvalue weighted by molar-refractivity contribution is 5.94. The van der Waals surface area contributed by atoms with Crippen molar-refractivity contribution in [1.29, 1.82) is 0 Å². The van der Waals surface area contributed by atoms with Crippen LogP contribution in [-0.4, -0.2) is 25.2 Å². The van der Waals surface area contributed by atoms with Crippen LogP contribution in [0, 0.1) is 11.8 Å². The van der Waals surface area contributed by atoms with Gasteiger partial charge in [0.1, 0.15) is 18.1 Å². The van der Waals surface area contributed by atoms with Crippen molar-refractivity contribution in [3.63, 3.8) is 0 Å². The van der Waals surface area contributed by atoms with E-state index >= 15 is 0 Å². The smallest absolute Gasteiger partial charge is 0.252 e. The summed E-state index contributed by atoms with van der Waals surface area (Å²) in [5, 5.41) is 2.77. The zero-order chi connectivity index (χ0) is 19.5. The first-order valence-corrected chi connectivity index (χ1v) is 8.92. The fraction of sp³-hybridized carbons (Fsp3) is 0.261. The molecule has 0 aliphatic carbocycles. The number of amides is 1. The molecule has 0 radical (unpaired) electrons. The van der Waals surface area contributed by atoms with Crippen molar-refractivity contribution in [3.8, 4) is 23.3 Å². The van der Waals surface area contributed by atoms with Crippen molar-refractivity contribution in [2.75, 3.05) is 13.2 Å². The number of para-hydroxylation sites is 1. The molecule has 1 amide bonds. The number of hydrogen-bond acceptors (Lipinski definition) is 3. The molecule has 2 aromatic rings. The Morgan fingerprint density at radius 3 is 2.59 bits per heavy atom. The van der Waals surface area contributed by atoms with Gasteiger partial charge in [-0.15, -0.1) is 6.58 Å². The fourth-order valence-corrected chi connectivity index (χ4v) is 2.38. The van der Waals surface area contributed by atoms with Crippen LogP contribution in [0.4, 0.5) is 0 Å². The van der Waals surface area contributed by atoms with Gasteiger partial charge < -0.3 is 14.8 Å². The third-order valence-corrected chi connectivity index (χ3v) is 3.59. The number of hydrogen-bond donors (Lipinski definition) is 1. The van der Waals surface area contributed by atoms with Gasteiger partial charge in [0.05, 0.1) is 12.6 Å². The largest absolute Gasteiger partial charge is 0.491 e. The monoisotopic (exact) mass is 363 g/mol. The van der Waals surface area contributed by atoms with E-state index in [2.05, 4.69) is 23.7 Å². The summed E-state index contributed by atoms with van der Waals surface area (Å²) in [7, 11) is 0. The molecule has 0 saturated heterocycles. The lowest BCUT2D eigenvalue weighted by Gasteiger charge is -2.09. The van der Waals surface area contributed by atoms with Gasteiger partial charge in [0.2, 0.25) is 0 Å². The van der Waals surface area contributed by atoms with Gasteiger partial charge in [-0.05, 0) is 56.2 Å². The predicted octanol–water partition coefficient (Wildman–Crippen LogP) is 4.01. The number of nitrogens with one attached hydrogen (secondary N) is 1. The molecule has 0 aliphatic heterocycles. The average Bonchev–Trinajstić information content (AvgIpc) is 2.66. The summed E-state index contributed by atoms with van der Waals surface area (Å²) in [5.74, 6) is 7.18. The molecule has 4 heteroatoms. The number of benzene rings is 2. The molecule has 0 saturated carbocycles. The number of carbonyl (C=O) groups is 1. The summed E-state index contributed by atoms with van der Waals surface area (Å²) in [4.78, 5) is 12.1. The number of carbonyl (C=O) groups excluding carboxylic acids is 1. The topological polar surface area (TPSA) is 47.6 Å². The lowest BCUT2D eigenvalue weighted by Crippen LogP contribution is -2.23. The Hall–Kier alpha value is -3.19. The molecular formula is C23H25NO3. The third kappa shape index (κ3) is 6.91. The van der Waals surface area contributed by atoms with Crippen LogP contribution < -0.4 is 14.8 Å². The van der Waals surface area contributed by atoms with E-state index in [9.17, 15) is 4.79 Å². The quantitative estimate of drug-likeness (QED) is 0.569. The van der Waals surface area contributed by atoms with E-state index in [0.29, 0.717) is 5.56 Å². The van der Waals surface area contributed by atoms with Gasteiger partial charge in [-0.2, -0.15) is 0 Å². The zero-order valence-corrected chi connectivity index (χ0v) is 15.8. The maximum absolute atomic E-state index is 12.1. The second kappa shape index (κ2) is 10.7. The first kappa shape index (κ1) is 20.1. The molecule has 2 rings (SSSR count). The van der Waals surface area contributed by atoms with Crippen LogP contribution in [0.15, 0.2) is 61.2 Å². The van der Waals surface area contributed by atoms with Gasteiger partial charge in [-0.25, -0.2) is 0 Å². The minimum atomic E-state index is -0.169. The van der Waals surface area contributed by atoms with E-state index in [0.717, 1.165) is 23.5 Å². The fourth-order valence-electron chi connectivity index (χ4n) is 2.38. The molecule has 4 nitrogen and oxygen atoms in total. The van der Waals surface area contributed by atoms with E-state index in [-0.39, 0.29) is 25.2 Å². The molecule has 0 aliphatic rings. The first-order valence-electron chi connectivity index (χ1n) is 8.92. The second-order valence-electron chi connectivity index (χ2n) is 6.12. The van der Waals surface area contributed by atoms with Gasteiger partial charge in [-0.1, -0.05) is 36.1 Å². The molecule has 140 valence electrons. The highest BCUT2D eigenvalue weighted by Gasteiger charge is 2.05. The molecule has 1 N–H and O–H groups in total. The van der Waals surface area contributed by atoms with Crippen LogP contribution in [0.3, 0.4) is 0 Å². The van der Waals surface area contributed by atoms with Crippen molar-refractivity contribution >= 4 is 5.91 Å². The molecule has 0 heterocycles. The van der Waals surface area contributed by atoms with Crippen molar-refractivity contribution in [2.45, 2.75) is 26.4 Å². The Morgan fingerprint density at radius 2 is 1.89 bits per heavy atom. The number of ether oxygens (including phenoxy) is 2. The summed E-state index contributed by atoms with van der Waals surface area (Å²) in [6, 6.07) is 14.9. The minimum Gasteiger partial charge on any atom is -0.491 e. The van der Waals surface area contributed by atoms with E-state index < -0.39 is 0 Å². The lowest BCUT2D eigenvalue weighted by molar-refractivity contribution is 0.0958. The molecule has 0 fully saturated rings. The van der Waals surface area contributed by atoms with Crippen molar-refractivity contribution in [2.24, 2.45) is 0 Å². The molecule has 0 aromatic heterocycles. The molecule has 27 heavy (non-hydrogen) atoms. The van der Waals surface area contributed by atoms with Crippen LogP contribution in [0.1, 0.15) is 29.8 Å². The third-order valence-electron chi connectivity index (χ3n) is 3.59. The van der Waals surface area contributed by atoms with Gasteiger partial charge in [0, 0.05) is 5.56 Å². The molecule has 0 unspecified atom stereocenters. The zero-order valence-electron chi connectivity index (χ0n) is 15.8. The van der Waals surface area contributed by atoms with Gasteiger partial charge in [-0.3, -0.25) is 4.79 Å². The van der Waals surface area contributed by atoms with Crippen molar-refractivity contribution in [3.05, 3.63) is 72.3 Å². The minimum absolute atomic E-state index is 0.103. The van der Waals surface area contributed by atoms with Crippen LogP contribution in [-0.2, 0) is 6.42 Å². The van der Waals surface area contributed by atoms with Crippen LogP contribution in [0.5, 0.6) is 11.5 Å². The van der Waals surface area contributed by atoms with Crippen LogP contribution in [0.2, 0.25) is 0 Å². The van der Waals surface area contributed by atoms with Crippen LogP contribution >= 0.6 is 0 Å². The highest BCUT2D eigenvalue weighted by atomic mass is 16.5. The summed E-state index contributed by atoms with van der Waals surface area (Å²) in [6.45, 7) is 8.20. The van der Waals surface area contributed by atoms with E-state index in [1.54, 1.807) is 24.3 Å². The van der Waals surface area contributed by atoms with Crippen molar-refractivity contribution < 1.29 is 14.3 Å². The molecule has 0 atom stereocenters. The Balaban J connectivity index is 1.77. The molecule has 2 aromatic carbocycles. The summed E-state index contributed by atoms with van der Waals surface area (Å²) >= 11 is 0. The van der Waals surface area contributed by atoms with Gasteiger partial charge in [0.15, 0.2) is 0 Å². The number of allylic oxidation sites excluding steroid dienone is 1. The molecule has 0 spiro atoms. The SMILES string of the molecule is C=CCc1ccccc1OCC#CCNC(=O)c1ccc(OC(C)C)cc1. The Labute approximate surface area is 161 Å². The second-order valence-corrected chi connectivity index (χ2v) is 6.12. The van der Waals surface area contributed by atoms with E-state index in [1.807, 2.05) is 44.2 Å². The summed E-state index contributed by atoms with van der Waals surface area (Å²) in [5.41, 5.74) is 1.65.